The van der Waals surface area contributed by atoms with E-state index in [1.165, 1.54) is 51.4 Å². The molecule has 2 nitrogen and oxygen atoms in total. The Morgan fingerprint density at radius 1 is 1.29 bits per heavy atom. The van der Waals surface area contributed by atoms with Gasteiger partial charge < -0.3 is 10.1 Å². The lowest BCUT2D eigenvalue weighted by atomic mass is 9.88. The fraction of sp³-hybridized carbons (Fsp3) is 1.00. The molecule has 3 atom stereocenters. The van der Waals surface area contributed by atoms with Gasteiger partial charge in [0.25, 0.3) is 0 Å². The number of ether oxygens (including phenoxy) is 1. The van der Waals surface area contributed by atoms with Gasteiger partial charge in [-0.3, -0.25) is 0 Å². The third kappa shape index (κ3) is 5.39. The summed E-state index contributed by atoms with van der Waals surface area (Å²) in [4.78, 5) is 0. The summed E-state index contributed by atoms with van der Waals surface area (Å²) < 4.78 is 5.92. The second-order valence-corrected chi connectivity index (χ2v) is 5.45. The molecular formula is C15H31NO. The highest BCUT2D eigenvalue weighted by Crippen LogP contribution is 2.24. The van der Waals surface area contributed by atoms with Crippen molar-refractivity contribution in [3.05, 3.63) is 0 Å². The Morgan fingerprint density at radius 3 is 2.65 bits per heavy atom. The molecule has 0 aromatic heterocycles. The Balaban J connectivity index is 2.36. The Bertz CT molecular complexity index is 178. The van der Waals surface area contributed by atoms with Crippen molar-refractivity contribution < 1.29 is 4.74 Å². The van der Waals surface area contributed by atoms with Gasteiger partial charge in [0.1, 0.15) is 0 Å². The van der Waals surface area contributed by atoms with Gasteiger partial charge in [0.15, 0.2) is 0 Å². The molecule has 1 rings (SSSR count). The van der Waals surface area contributed by atoms with Crippen molar-refractivity contribution in [3.8, 4) is 0 Å². The molecule has 3 unspecified atom stereocenters. The average molecular weight is 241 g/mol. The molecule has 1 N–H and O–H groups in total. The number of unbranched alkanes of at least 4 members (excludes halogenated alkanes) is 1. The molecule has 1 saturated heterocycles. The fourth-order valence-electron chi connectivity index (χ4n) is 2.88. The van der Waals surface area contributed by atoms with Gasteiger partial charge >= 0.3 is 0 Å². The number of hydrogen-bond donors (Lipinski definition) is 1. The van der Waals surface area contributed by atoms with Crippen molar-refractivity contribution in [1.82, 2.24) is 5.32 Å². The van der Waals surface area contributed by atoms with Crippen LogP contribution >= 0.6 is 0 Å². The second kappa shape index (κ2) is 8.93. The van der Waals surface area contributed by atoms with Crippen LogP contribution in [0, 0.1) is 5.92 Å². The molecule has 0 spiro atoms. The maximum atomic E-state index is 5.92. The molecule has 17 heavy (non-hydrogen) atoms. The van der Waals surface area contributed by atoms with E-state index >= 15 is 0 Å². The summed E-state index contributed by atoms with van der Waals surface area (Å²) >= 11 is 0. The van der Waals surface area contributed by atoms with Crippen LogP contribution in [-0.2, 0) is 4.74 Å². The molecule has 102 valence electrons. The van der Waals surface area contributed by atoms with Gasteiger partial charge in [0.2, 0.25) is 0 Å². The number of hydrogen-bond acceptors (Lipinski definition) is 2. The van der Waals surface area contributed by atoms with Crippen molar-refractivity contribution in [2.24, 2.45) is 5.92 Å². The summed E-state index contributed by atoms with van der Waals surface area (Å²) in [6.45, 7) is 5.58. The van der Waals surface area contributed by atoms with Crippen LogP contribution in [0.4, 0.5) is 0 Å². The van der Waals surface area contributed by atoms with Gasteiger partial charge in [-0.1, -0.05) is 39.5 Å². The summed E-state index contributed by atoms with van der Waals surface area (Å²) in [6, 6.07) is 0.567. The van der Waals surface area contributed by atoms with E-state index in [0.717, 1.165) is 12.5 Å². The smallest absolute Gasteiger partial charge is 0.0728 e. The van der Waals surface area contributed by atoms with E-state index in [-0.39, 0.29) is 0 Å². The number of nitrogens with one attached hydrogen (secondary N) is 1. The molecule has 0 aromatic carbocycles. The van der Waals surface area contributed by atoms with E-state index in [4.69, 9.17) is 4.74 Å². The largest absolute Gasteiger partial charge is 0.377 e. The zero-order valence-electron chi connectivity index (χ0n) is 12.0. The third-order valence-corrected chi connectivity index (χ3v) is 4.17. The minimum absolute atomic E-state index is 0.462. The third-order valence-electron chi connectivity index (χ3n) is 4.17. The lowest BCUT2D eigenvalue weighted by Crippen LogP contribution is -2.42. The average Bonchev–Trinajstić information content (AvgIpc) is 2.40. The van der Waals surface area contributed by atoms with Gasteiger partial charge in [0, 0.05) is 12.6 Å². The highest BCUT2D eigenvalue weighted by molar-refractivity contribution is 4.80. The summed E-state index contributed by atoms with van der Waals surface area (Å²) in [7, 11) is 2.09. The highest BCUT2D eigenvalue weighted by Gasteiger charge is 2.25. The summed E-state index contributed by atoms with van der Waals surface area (Å²) in [5.41, 5.74) is 0. The van der Waals surface area contributed by atoms with Gasteiger partial charge in [-0.05, 0) is 38.6 Å². The zero-order valence-corrected chi connectivity index (χ0v) is 12.0. The molecule has 0 radical (unpaired) electrons. The monoisotopic (exact) mass is 241 g/mol. The number of likely N-dealkylation sites (N-methyl/N-ethyl adjacent to an activating group) is 1. The van der Waals surface area contributed by atoms with E-state index in [9.17, 15) is 0 Å². The van der Waals surface area contributed by atoms with Crippen molar-refractivity contribution in [1.29, 1.82) is 0 Å². The highest BCUT2D eigenvalue weighted by atomic mass is 16.5. The Kier molecular flexibility index (Phi) is 7.87. The summed E-state index contributed by atoms with van der Waals surface area (Å²) in [5.74, 6) is 0.873. The Morgan fingerprint density at radius 2 is 2.12 bits per heavy atom. The first-order chi connectivity index (χ1) is 8.31. The van der Waals surface area contributed by atoms with E-state index in [1.807, 2.05) is 0 Å². The standard InChI is InChI=1S/C15H31NO/c1-4-6-9-13(5-2)12-14(16-3)15-10-7-8-11-17-15/h13-16H,4-12H2,1-3H3. The maximum Gasteiger partial charge on any atom is 0.0728 e. The molecule has 2 heteroatoms. The van der Waals surface area contributed by atoms with Crippen molar-refractivity contribution in [2.75, 3.05) is 13.7 Å². The molecule has 0 aliphatic carbocycles. The predicted molar refractivity (Wildman–Crippen MR) is 74.4 cm³/mol. The predicted octanol–water partition coefficient (Wildman–Crippen LogP) is 3.75. The van der Waals surface area contributed by atoms with Crippen LogP contribution in [-0.4, -0.2) is 25.8 Å². The zero-order chi connectivity index (χ0) is 12.5. The van der Waals surface area contributed by atoms with Gasteiger partial charge in [-0.25, -0.2) is 0 Å². The molecule has 1 heterocycles. The van der Waals surface area contributed by atoms with Crippen molar-refractivity contribution in [2.45, 2.75) is 77.4 Å². The molecule has 0 aromatic rings. The van der Waals surface area contributed by atoms with E-state index in [1.54, 1.807) is 0 Å². The minimum Gasteiger partial charge on any atom is -0.377 e. The molecule has 1 aliphatic heterocycles. The van der Waals surface area contributed by atoms with Crippen molar-refractivity contribution in [3.63, 3.8) is 0 Å². The van der Waals surface area contributed by atoms with Crippen LogP contribution in [0.15, 0.2) is 0 Å². The lowest BCUT2D eigenvalue weighted by molar-refractivity contribution is -0.0114. The van der Waals surface area contributed by atoms with E-state index in [2.05, 4.69) is 26.2 Å². The van der Waals surface area contributed by atoms with Gasteiger partial charge in [-0.15, -0.1) is 0 Å². The second-order valence-electron chi connectivity index (χ2n) is 5.45. The lowest BCUT2D eigenvalue weighted by Gasteiger charge is -2.32. The number of rotatable bonds is 8. The molecule has 0 amide bonds. The quantitative estimate of drug-likeness (QED) is 0.699. The van der Waals surface area contributed by atoms with E-state index in [0.29, 0.717) is 12.1 Å². The van der Waals surface area contributed by atoms with Crippen LogP contribution in [0.1, 0.15) is 65.2 Å². The Labute approximate surface area is 108 Å². The van der Waals surface area contributed by atoms with Crippen molar-refractivity contribution >= 4 is 0 Å². The Hall–Kier alpha value is -0.0800. The first kappa shape index (κ1) is 15.0. The van der Waals surface area contributed by atoms with Crippen LogP contribution in [0.2, 0.25) is 0 Å². The summed E-state index contributed by atoms with van der Waals surface area (Å²) in [6.07, 6.45) is 11.0. The molecular weight excluding hydrogens is 210 g/mol. The normalized spacial score (nSPS) is 24.5. The molecule has 1 fully saturated rings. The molecule has 0 bridgehead atoms. The van der Waals surface area contributed by atoms with Crippen LogP contribution < -0.4 is 5.32 Å². The summed E-state index contributed by atoms with van der Waals surface area (Å²) in [5, 5.41) is 3.49. The SMILES string of the molecule is CCCCC(CC)CC(NC)C1CCCCO1. The van der Waals surface area contributed by atoms with Crippen LogP contribution in [0.3, 0.4) is 0 Å². The van der Waals surface area contributed by atoms with Crippen LogP contribution in [0.25, 0.3) is 0 Å². The maximum absolute atomic E-state index is 5.92. The fourth-order valence-corrected chi connectivity index (χ4v) is 2.88. The van der Waals surface area contributed by atoms with E-state index < -0.39 is 0 Å². The molecule has 1 aliphatic rings. The van der Waals surface area contributed by atoms with Gasteiger partial charge in [0.05, 0.1) is 6.10 Å². The van der Waals surface area contributed by atoms with Gasteiger partial charge in [-0.2, -0.15) is 0 Å². The topological polar surface area (TPSA) is 21.3 Å². The molecule has 0 saturated carbocycles. The first-order valence-corrected chi connectivity index (χ1v) is 7.60. The minimum atomic E-state index is 0.462. The van der Waals surface area contributed by atoms with Crippen LogP contribution in [0.5, 0.6) is 0 Å². The first-order valence-electron chi connectivity index (χ1n) is 7.60.